The highest BCUT2D eigenvalue weighted by Gasteiger charge is 2.22. The quantitative estimate of drug-likeness (QED) is 0.586. The van der Waals surface area contributed by atoms with Crippen molar-refractivity contribution >= 4 is 29.2 Å². The molecule has 1 saturated heterocycles. The molecule has 8 nitrogen and oxygen atoms in total. The summed E-state index contributed by atoms with van der Waals surface area (Å²) in [6, 6.07) is 6.60. The fraction of sp³-hybridized carbons (Fsp3) is 0.412. The van der Waals surface area contributed by atoms with Gasteiger partial charge in [-0.2, -0.15) is 0 Å². The molecule has 0 aromatic heterocycles. The zero-order valence-corrected chi connectivity index (χ0v) is 14.1. The third kappa shape index (κ3) is 6.34. The summed E-state index contributed by atoms with van der Waals surface area (Å²) in [6.45, 7) is 1.71. The van der Waals surface area contributed by atoms with Crippen molar-refractivity contribution in [2.45, 2.75) is 25.8 Å². The minimum absolute atomic E-state index is 0.00602. The Labute approximate surface area is 145 Å². The number of aryl methyl sites for hydroxylation is 1. The molecule has 25 heavy (non-hydrogen) atoms. The molecule has 0 bridgehead atoms. The van der Waals surface area contributed by atoms with Crippen LogP contribution in [0.15, 0.2) is 24.3 Å². The van der Waals surface area contributed by atoms with E-state index in [2.05, 4.69) is 21.3 Å². The average molecular weight is 346 g/mol. The van der Waals surface area contributed by atoms with Gasteiger partial charge in [0.05, 0.1) is 25.7 Å². The molecular weight excluding hydrogens is 324 g/mol. The van der Waals surface area contributed by atoms with E-state index in [4.69, 9.17) is 0 Å². The zero-order valence-electron chi connectivity index (χ0n) is 14.1. The van der Waals surface area contributed by atoms with E-state index in [-0.39, 0.29) is 50.1 Å². The summed E-state index contributed by atoms with van der Waals surface area (Å²) in [5, 5.41) is 10.5. The van der Waals surface area contributed by atoms with Gasteiger partial charge in [0, 0.05) is 12.1 Å². The molecule has 0 aliphatic carbocycles. The van der Waals surface area contributed by atoms with E-state index in [1.165, 1.54) is 0 Å². The van der Waals surface area contributed by atoms with Gasteiger partial charge in [-0.25, -0.2) is 0 Å². The third-order valence-corrected chi connectivity index (χ3v) is 3.76. The number of carbonyl (C=O) groups is 4. The molecule has 1 heterocycles. The molecule has 1 aromatic rings. The number of benzene rings is 1. The van der Waals surface area contributed by atoms with Crippen LogP contribution in [0.25, 0.3) is 0 Å². The van der Waals surface area contributed by atoms with Crippen molar-refractivity contribution in [2.75, 3.05) is 25.0 Å². The Morgan fingerprint density at radius 3 is 2.60 bits per heavy atom. The fourth-order valence-electron chi connectivity index (χ4n) is 2.32. The molecule has 3 amide bonds. The van der Waals surface area contributed by atoms with E-state index in [0.717, 1.165) is 5.56 Å². The van der Waals surface area contributed by atoms with Crippen LogP contribution in [0, 0.1) is 6.92 Å². The van der Waals surface area contributed by atoms with Crippen LogP contribution in [0.3, 0.4) is 0 Å². The normalized spacial score (nSPS) is 18.4. The Kier molecular flexibility index (Phi) is 6.64. The largest absolute Gasteiger partial charge is 0.349 e. The molecule has 1 aliphatic rings. The standard InChI is InChI=1S/C17H22N4O4/c1-11-2-4-12(5-3-11)21-16(24)10-20-17(25)14-6-7-15(23)19-9-13(22)8-18-14/h2-5,14,18H,6-10H2,1H3,(H,19,23)(H,20,25)(H,21,24). The monoisotopic (exact) mass is 346 g/mol. The smallest absolute Gasteiger partial charge is 0.243 e. The van der Waals surface area contributed by atoms with Gasteiger partial charge >= 0.3 is 0 Å². The van der Waals surface area contributed by atoms with Gasteiger partial charge in [-0.3, -0.25) is 24.5 Å². The Morgan fingerprint density at radius 2 is 1.88 bits per heavy atom. The van der Waals surface area contributed by atoms with Gasteiger partial charge < -0.3 is 16.0 Å². The van der Waals surface area contributed by atoms with Gasteiger partial charge in [0.2, 0.25) is 17.7 Å². The lowest BCUT2D eigenvalue weighted by atomic mass is 10.1. The Morgan fingerprint density at radius 1 is 1.16 bits per heavy atom. The molecule has 0 saturated carbocycles. The van der Waals surface area contributed by atoms with Crippen molar-refractivity contribution in [2.24, 2.45) is 0 Å². The summed E-state index contributed by atoms with van der Waals surface area (Å²) in [5.74, 6) is -1.24. The third-order valence-electron chi connectivity index (χ3n) is 3.76. The molecule has 1 aromatic carbocycles. The molecular formula is C17H22N4O4. The maximum Gasteiger partial charge on any atom is 0.243 e. The van der Waals surface area contributed by atoms with E-state index >= 15 is 0 Å². The first-order valence-corrected chi connectivity index (χ1v) is 8.10. The topological polar surface area (TPSA) is 116 Å². The SMILES string of the molecule is Cc1ccc(NC(=O)CNC(=O)C2CCC(=O)NCC(=O)CN2)cc1. The number of amides is 3. The van der Waals surface area contributed by atoms with Crippen molar-refractivity contribution in [1.29, 1.82) is 0 Å². The van der Waals surface area contributed by atoms with Crippen LogP contribution in [0.1, 0.15) is 18.4 Å². The average Bonchev–Trinajstić information content (AvgIpc) is 2.67. The highest BCUT2D eigenvalue weighted by Crippen LogP contribution is 2.08. The van der Waals surface area contributed by atoms with E-state index < -0.39 is 11.9 Å². The molecule has 4 N–H and O–H groups in total. The lowest BCUT2D eigenvalue weighted by Crippen LogP contribution is -2.47. The number of hydrogen-bond donors (Lipinski definition) is 4. The van der Waals surface area contributed by atoms with Crippen molar-refractivity contribution in [3.63, 3.8) is 0 Å². The summed E-state index contributed by atoms with van der Waals surface area (Å²) in [5.41, 5.74) is 1.73. The molecule has 1 unspecified atom stereocenters. The predicted molar refractivity (Wildman–Crippen MR) is 91.9 cm³/mol. The molecule has 0 radical (unpaired) electrons. The van der Waals surface area contributed by atoms with Crippen LogP contribution in [0.5, 0.6) is 0 Å². The second-order valence-electron chi connectivity index (χ2n) is 5.92. The van der Waals surface area contributed by atoms with Gasteiger partial charge in [0.1, 0.15) is 0 Å². The number of hydrogen-bond acceptors (Lipinski definition) is 5. The van der Waals surface area contributed by atoms with Crippen LogP contribution in [-0.2, 0) is 19.2 Å². The minimum Gasteiger partial charge on any atom is -0.349 e. The van der Waals surface area contributed by atoms with Crippen LogP contribution in [0.4, 0.5) is 5.69 Å². The first kappa shape index (κ1) is 18.6. The Bertz CT molecular complexity index is 637. The van der Waals surface area contributed by atoms with Gasteiger partial charge in [-0.05, 0) is 25.5 Å². The lowest BCUT2D eigenvalue weighted by molar-refractivity contribution is -0.126. The molecule has 2 rings (SSSR count). The van der Waals surface area contributed by atoms with E-state index in [1.54, 1.807) is 12.1 Å². The van der Waals surface area contributed by atoms with Crippen molar-refractivity contribution in [3.05, 3.63) is 29.8 Å². The number of carbonyl (C=O) groups excluding carboxylic acids is 4. The second-order valence-corrected chi connectivity index (χ2v) is 5.92. The number of rotatable bonds is 4. The molecule has 1 aliphatic heterocycles. The van der Waals surface area contributed by atoms with Crippen LogP contribution < -0.4 is 21.3 Å². The lowest BCUT2D eigenvalue weighted by Gasteiger charge is -2.16. The summed E-state index contributed by atoms with van der Waals surface area (Å²) in [6.07, 6.45) is 0.387. The molecule has 8 heteroatoms. The Balaban J connectivity index is 1.82. The summed E-state index contributed by atoms with van der Waals surface area (Å²) in [7, 11) is 0. The van der Waals surface area contributed by atoms with Crippen LogP contribution in [0.2, 0.25) is 0 Å². The Hall–Kier alpha value is -2.74. The van der Waals surface area contributed by atoms with E-state index in [1.807, 2.05) is 19.1 Å². The highest BCUT2D eigenvalue weighted by atomic mass is 16.2. The van der Waals surface area contributed by atoms with Crippen molar-refractivity contribution < 1.29 is 19.2 Å². The van der Waals surface area contributed by atoms with Crippen molar-refractivity contribution in [1.82, 2.24) is 16.0 Å². The predicted octanol–water partition coefficient (Wildman–Crippen LogP) is -0.513. The summed E-state index contributed by atoms with van der Waals surface area (Å²) >= 11 is 0. The maximum absolute atomic E-state index is 12.2. The van der Waals surface area contributed by atoms with E-state index in [0.29, 0.717) is 5.69 Å². The van der Waals surface area contributed by atoms with Gasteiger partial charge in [-0.1, -0.05) is 17.7 Å². The maximum atomic E-state index is 12.2. The van der Waals surface area contributed by atoms with Crippen molar-refractivity contribution in [3.8, 4) is 0 Å². The molecule has 134 valence electrons. The first-order valence-electron chi connectivity index (χ1n) is 8.10. The molecule has 1 atom stereocenters. The van der Waals surface area contributed by atoms with Gasteiger partial charge in [0.15, 0.2) is 5.78 Å². The van der Waals surface area contributed by atoms with E-state index in [9.17, 15) is 19.2 Å². The number of Topliss-reactive ketones (excluding diaryl/α,β-unsaturated/α-hetero) is 1. The first-order chi connectivity index (χ1) is 11.9. The summed E-state index contributed by atoms with van der Waals surface area (Å²) in [4.78, 5) is 47.1. The number of nitrogens with one attached hydrogen (secondary N) is 4. The van der Waals surface area contributed by atoms with Crippen LogP contribution in [-0.4, -0.2) is 49.2 Å². The minimum atomic E-state index is -0.694. The van der Waals surface area contributed by atoms with Gasteiger partial charge in [-0.15, -0.1) is 0 Å². The molecule has 1 fully saturated rings. The fourth-order valence-corrected chi connectivity index (χ4v) is 2.32. The number of anilines is 1. The highest BCUT2D eigenvalue weighted by molar-refractivity contribution is 5.95. The van der Waals surface area contributed by atoms with Crippen LogP contribution >= 0.6 is 0 Å². The second kappa shape index (κ2) is 8.93. The zero-order chi connectivity index (χ0) is 18.2. The summed E-state index contributed by atoms with van der Waals surface area (Å²) < 4.78 is 0. The number of ketones is 1. The molecule has 0 spiro atoms. The van der Waals surface area contributed by atoms with Gasteiger partial charge in [0.25, 0.3) is 0 Å².